The van der Waals surface area contributed by atoms with Crippen molar-refractivity contribution in [2.45, 2.75) is 38.8 Å². The molecule has 0 saturated heterocycles. The van der Waals surface area contributed by atoms with Gasteiger partial charge >= 0.3 is 0 Å². The highest BCUT2D eigenvalue weighted by Gasteiger charge is 2.29. The molecule has 4 nitrogen and oxygen atoms in total. The minimum atomic E-state index is 0.144. The number of hydrogen-bond donors (Lipinski definition) is 1. The van der Waals surface area contributed by atoms with Gasteiger partial charge in [0.1, 0.15) is 5.01 Å². The van der Waals surface area contributed by atoms with Gasteiger partial charge in [-0.25, -0.2) is 4.98 Å². The Morgan fingerprint density at radius 3 is 2.94 bits per heavy atom. The van der Waals surface area contributed by atoms with Crippen molar-refractivity contribution in [3.8, 4) is 0 Å². The lowest BCUT2D eigenvalue weighted by Crippen LogP contribution is -2.37. The number of nitrogens with one attached hydrogen (secondary N) is 1. The van der Waals surface area contributed by atoms with Gasteiger partial charge in [-0.1, -0.05) is 0 Å². The average molecular weight is 253 g/mol. The van der Waals surface area contributed by atoms with Crippen molar-refractivity contribution >= 4 is 17.2 Å². The highest BCUT2D eigenvalue weighted by Crippen LogP contribution is 2.25. The number of likely N-dealkylation sites (N-methyl/N-ethyl adjacent to an activating group) is 1. The molecule has 1 saturated carbocycles. The summed E-state index contributed by atoms with van der Waals surface area (Å²) < 4.78 is 0. The molecule has 1 aliphatic rings. The number of aromatic nitrogens is 1. The third kappa shape index (κ3) is 3.26. The van der Waals surface area contributed by atoms with Crippen LogP contribution in [0.4, 0.5) is 0 Å². The van der Waals surface area contributed by atoms with Crippen LogP contribution in [0.1, 0.15) is 36.5 Å². The van der Waals surface area contributed by atoms with Crippen LogP contribution in [-0.2, 0) is 4.79 Å². The number of aryl methyl sites for hydroxylation is 1. The van der Waals surface area contributed by atoms with Gasteiger partial charge in [0.05, 0.1) is 12.6 Å². The number of carbonyl (C=O) groups excluding carboxylic acids is 1. The zero-order valence-corrected chi connectivity index (χ0v) is 11.4. The molecule has 1 aromatic heterocycles. The summed E-state index contributed by atoms with van der Waals surface area (Å²) in [7, 11) is 1.89. The van der Waals surface area contributed by atoms with Crippen LogP contribution in [0.5, 0.6) is 0 Å². The van der Waals surface area contributed by atoms with Gasteiger partial charge in [-0.3, -0.25) is 10.1 Å². The predicted octanol–water partition coefficient (Wildman–Crippen LogP) is 1.72. The maximum atomic E-state index is 11.8. The molecular weight excluding hydrogens is 234 g/mol. The van der Waals surface area contributed by atoms with Crippen LogP contribution in [0.2, 0.25) is 0 Å². The first kappa shape index (κ1) is 12.5. The number of thiazole rings is 1. The Kier molecular flexibility index (Phi) is 3.79. The van der Waals surface area contributed by atoms with Crippen LogP contribution < -0.4 is 5.32 Å². The Balaban J connectivity index is 1.79. The first-order valence-corrected chi connectivity index (χ1v) is 6.87. The van der Waals surface area contributed by atoms with E-state index in [1.54, 1.807) is 11.3 Å². The number of carbonyl (C=O) groups is 1. The summed E-state index contributed by atoms with van der Waals surface area (Å²) in [5, 5.41) is 6.31. The van der Waals surface area contributed by atoms with Crippen molar-refractivity contribution in [1.82, 2.24) is 15.2 Å². The first-order valence-electron chi connectivity index (χ1n) is 5.99. The van der Waals surface area contributed by atoms with Gasteiger partial charge in [0.2, 0.25) is 5.91 Å². The van der Waals surface area contributed by atoms with E-state index < -0.39 is 0 Å². The van der Waals surface area contributed by atoms with Crippen molar-refractivity contribution in [3.05, 3.63) is 16.1 Å². The Hall–Kier alpha value is -0.940. The Labute approximate surface area is 106 Å². The number of rotatable bonds is 5. The monoisotopic (exact) mass is 253 g/mol. The normalized spacial score (nSPS) is 16.9. The molecule has 0 radical (unpaired) electrons. The first-order chi connectivity index (χ1) is 8.08. The molecule has 17 heavy (non-hydrogen) atoms. The van der Waals surface area contributed by atoms with Gasteiger partial charge in [0, 0.05) is 24.2 Å². The van der Waals surface area contributed by atoms with E-state index in [-0.39, 0.29) is 11.9 Å². The minimum Gasteiger partial charge on any atom is -0.342 e. The van der Waals surface area contributed by atoms with Gasteiger partial charge in [-0.15, -0.1) is 11.3 Å². The lowest BCUT2D eigenvalue weighted by molar-refractivity contribution is -0.129. The minimum absolute atomic E-state index is 0.144. The van der Waals surface area contributed by atoms with E-state index in [0.717, 1.165) is 23.5 Å². The third-order valence-corrected chi connectivity index (χ3v) is 4.20. The number of hydrogen-bond acceptors (Lipinski definition) is 4. The van der Waals surface area contributed by atoms with Crippen molar-refractivity contribution in [2.24, 2.45) is 0 Å². The number of amides is 1. The van der Waals surface area contributed by atoms with Crippen molar-refractivity contribution in [2.75, 3.05) is 13.6 Å². The van der Waals surface area contributed by atoms with Crippen LogP contribution in [-0.4, -0.2) is 35.4 Å². The molecule has 1 amide bonds. The molecule has 0 aromatic carbocycles. The van der Waals surface area contributed by atoms with Crippen LogP contribution >= 0.6 is 11.3 Å². The summed E-state index contributed by atoms with van der Waals surface area (Å²) in [4.78, 5) is 18.1. The van der Waals surface area contributed by atoms with E-state index in [1.807, 2.05) is 31.2 Å². The Bertz CT molecular complexity index is 400. The maximum Gasteiger partial charge on any atom is 0.236 e. The van der Waals surface area contributed by atoms with E-state index in [0.29, 0.717) is 12.6 Å². The fourth-order valence-corrected chi connectivity index (χ4v) is 2.52. The Morgan fingerprint density at radius 1 is 1.71 bits per heavy atom. The number of nitrogens with zero attached hydrogens (tertiary/aromatic N) is 2. The Morgan fingerprint density at radius 2 is 2.41 bits per heavy atom. The lowest BCUT2D eigenvalue weighted by Gasteiger charge is -2.18. The van der Waals surface area contributed by atoms with Crippen molar-refractivity contribution in [1.29, 1.82) is 0 Å². The molecule has 2 rings (SSSR count). The van der Waals surface area contributed by atoms with Crippen LogP contribution in [0, 0.1) is 6.92 Å². The summed E-state index contributed by atoms with van der Waals surface area (Å²) >= 11 is 1.64. The quantitative estimate of drug-likeness (QED) is 0.869. The van der Waals surface area contributed by atoms with Gasteiger partial charge in [-0.2, -0.15) is 0 Å². The van der Waals surface area contributed by atoms with E-state index in [2.05, 4.69) is 10.3 Å². The highest BCUT2D eigenvalue weighted by molar-refractivity contribution is 7.09. The molecule has 0 spiro atoms. The molecule has 0 bridgehead atoms. The predicted molar refractivity (Wildman–Crippen MR) is 69.1 cm³/mol. The molecule has 5 heteroatoms. The molecule has 1 aliphatic carbocycles. The van der Waals surface area contributed by atoms with Gasteiger partial charge in [-0.05, 0) is 26.7 Å². The van der Waals surface area contributed by atoms with Gasteiger partial charge < -0.3 is 4.90 Å². The fraction of sp³-hybridized carbons (Fsp3) is 0.667. The molecule has 1 atom stereocenters. The highest BCUT2D eigenvalue weighted by atomic mass is 32.1. The van der Waals surface area contributed by atoms with Gasteiger partial charge in [0.25, 0.3) is 0 Å². The molecular formula is C12H19N3OS. The lowest BCUT2D eigenvalue weighted by atomic mass is 10.3. The zero-order chi connectivity index (χ0) is 12.4. The topological polar surface area (TPSA) is 45.2 Å². The maximum absolute atomic E-state index is 11.8. The fourth-order valence-electron chi connectivity index (χ4n) is 1.69. The second-order valence-corrected chi connectivity index (χ2v) is 5.56. The molecule has 1 heterocycles. The van der Waals surface area contributed by atoms with Crippen molar-refractivity contribution in [3.63, 3.8) is 0 Å². The van der Waals surface area contributed by atoms with Crippen LogP contribution in [0.3, 0.4) is 0 Å². The average Bonchev–Trinajstić information content (AvgIpc) is 3.07. The van der Waals surface area contributed by atoms with E-state index in [4.69, 9.17) is 0 Å². The smallest absolute Gasteiger partial charge is 0.236 e. The zero-order valence-electron chi connectivity index (χ0n) is 10.6. The van der Waals surface area contributed by atoms with Crippen LogP contribution in [0.15, 0.2) is 5.38 Å². The molecule has 1 fully saturated rings. The van der Waals surface area contributed by atoms with E-state index in [9.17, 15) is 4.79 Å². The van der Waals surface area contributed by atoms with E-state index in [1.165, 1.54) is 0 Å². The summed E-state index contributed by atoms with van der Waals surface area (Å²) in [5.41, 5.74) is 1.04. The third-order valence-electron chi connectivity index (χ3n) is 3.05. The molecule has 0 aliphatic heterocycles. The SMILES string of the molecule is Cc1csc(C(C)NCC(=O)N(C)C2CC2)n1. The standard InChI is InChI=1S/C12H19N3OS/c1-8-7-17-12(14-8)9(2)13-6-11(16)15(3)10-4-5-10/h7,9-10,13H,4-6H2,1-3H3. The second kappa shape index (κ2) is 5.14. The molecule has 1 aromatic rings. The molecule has 94 valence electrons. The summed E-state index contributed by atoms with van der Waals surface area (Å²) in [6, 6.07) is 0.631. The van der Waals surface area contributed by atoms with Crippen LogP contribution in [0.25, 0.3) is 0 Å². The molecule has 1 N–H and O–H groups in total. The second-order valence-electron chi connectivity index (χ2n) is 4.67. The molecule has 1 unspecified atom stereocenters. The van der Waals surface area contributed by atoms with E-state index >= 15 is 0 Å². The largest absolute Gasteiger partial charge is 0.342 e. The summed E-state index contributed by atoms with van der Waals surface area (Å²) in [6.45, 7) is 4.42. The van der Waals surface area contributed by atoms with Crippen molar-refractivity contribution < 1.29 is 4.79 Å². The summed E-state index contributed by atoms with van der Waals surface area (Å²) in [6.07, 6.45) is 2.31. The summed E-state index contributed by atoms with van der Waals surface area (Å²) in [5.74, 6) is 0.174. The van der Waals surface area contributed by atoms with Gasteiger partial charge in [0.15, 0.2) is 0 Å².